The van der Waals surface area contributed by atoms with E-state index in [1.807, 2.05) is 6.92 Å². The number of Topliss-reactive ketones (excluding diaryl/α,β-unsaturated/α-hetero) is 1. The van der Waals surface area contributed by atoms with E-state index in [0.29, 0.717) is 30.1 Å². The predicted octanol–water partition coefficient (Wildman–Crippen LogP) is 4.68. The molecule has 0 aliphatic heterocycles. The highest BCUT2D eigenvalue weighted by Gasteiger charge is 2.70. The van der Waals surface area contributed by atoms with Crippen molar-refractivity contribution in [1.29, 1.82) is 0 Å². The van der Waals surface area contributed by atoms with Crippen LogP contribution in [0.1, 0.15) is 79.6 Å². The molecule has 4 aliphatic rings. The van der Waals surface area contributed by atoms with Crippen LogP contribution in [0.3, 0.4) is 0 Å². The van der Waals surface area contributed by atoms with Crippen molar-refractivity contribution < 1.29 is 20.1 Å². The van der Waals surface area contributed by atoms with Gasteiger partial charge in [-0.1, -0.05) is 58.9 Å². The van der Waals surface area contributed by atoms with Crippen molar-refractivity contribution in [1.82, 2.24) is 0 Å². The van der Waals surface area contributed by atoms with E-state index in [-0.39, 0.29) is 35.9 Å². The van der Waals surface area contributed by atoms with Crippen LogP contribution in [0.5, 0.6) is 0 Å². The lowest BCUT2D eigenvalue weighted by Crippen LogP contribution is -2.71. The molecule has 0 heterocycles. The Morgan fingerprint density at radius 3 is 2.47 bits per heavy atom. The Kier molecular flexibility index (Phi) is 6.09. The molecule has 180 valence electrons. The van der Waals surface area contributed by atoms with E-state index in [4.69, 9.17) is 0 Å². The summed E-state index contributed by atoms with van der Waals surface area (Å²) in [4.78, 5) is 13.4. The summed E-state index contributed by atoms with van der Waals surface area (Å²) in [6.45, 7) is 15.2. The summed E-state index contributed by atoms with van der Waals surface area (Å²) in [6.07, 6.45) is 7.86. The van der Waals surface area contributed by atoms with Gasteiger partial charge in [-0.2, -0.15) is 0 Å². The number of hydrogen-bond donors (Lipinski definition) is 3. The molecule has 0 amide bonds. The van der Waals surface area contributed by atoms with Crippen LogP contribution in [-0.4, -0.2) is 38.9 Å². The third-order valence-electron chi connectivity index (χ3n) is 10.8. The number of carbonyl (C=O) groups is 1. The molecule has 0 aromatic heterocycles. The molecule has 4 heteroatoms. The highest BCUT2D eigenvalue weighted by Crippen LogP contribution is 2.68. The smallest absolute Gasteiger partial charge is 0.165 e. The van der Waals surface area contributed by atoms with Crippen molar-refractivity contribution in [2.75, 3.05) is 0 Å². The van der Waals surface area contributed by atoms with E-state index >= 15 is 0 Å². The molecule has 32 heavy (non-hydrogen) atoms. The molecule has 0 radical (unpaired) electrons. The summed E-state index contributed by atoms with van der Waals surface area (Å²) in [5, 5.41) is 32.8. The average Bonchev–Trinajstić information content (AvgIpc) is 3.06. The molecule has 0 saturated heterocycles. The van der Waals surface area contributed by atoms with Crippen molar-refractivity contribution in [2.24, 2.45) is 46.3 Å². The first-order valence-electron chi connectivity index (χ1n) is 12.8. The van der Waals surface area contributed by atoms with Gasteiger partial charge in [-0.3, -0.25) is 4.79 Å². The Labute approximate surface area is 194 Å². The zero-order valence-corrected chi connectivity index (χ0v) is 20.7. The highest BCUT2D eigenvalue weighted by atomic mass is 16.3. The van der Waals surface area contributed by atoms with Crippen LogP contribution < -0.4 is 0 Å². The highest BCUT2D eigenvalue weighted by molar-refractivity contribution is 5.90. The van der Waals surface area contributed by atoms with Crippen molar-refractivity contribution in [3.05, 3.63) is 24.3 Å². The van der Waals surface area contributed by atoms with E-state index in [1.54, 1.807) is 0 Å². The molecule has 4 fully saturated rings. The molecule has 3 N–H and O–H groups in total. The van der Waals surface area contributed by atoms with Gasteiger partial charge in [-0.25, -0.2) is 0 Å². The number of allylic oxidation sites excluding steroid dienone is 3. The first-order valence-corrected chi connectivity index (χ1v) is 12.8. The van der Waals surface area contributed by atoms with Crippen LogP contribution in [-0.2, 0) is 4.79 Å². The minimum Gasteiger partial charge on any atom is -0.393 e. The lowest BCUT2D eigenvalue weighted by atomic mass is 9.42. The predicted molar refractivity (Wildman–Crippen MR) is 127 cm³/mol. The zero-order valence-electron chi connectivity index (χ0n) is 20.7. The molecular weight excluding hydrogens is 400 g/mol. The second-order valence-corrected chi connectivity index (χ2v) is 12.4. The number of aliphatic hydroxyl groups excluding tert-OH is 2. The lowest BCUT2D eigenvalue weighted by molar-refractivity contribution is -0.245. The van der Waals surface area contributed by atoms with Gasteiger partial charge < -0.3 is 15.3 Å². The van der Waals surface area contributed by atoms with Gasteiger partial charge in [0.1, 0.15) is 5.60 Å². The second-order valence-electron chi connectivity index (χ2n) is 12.4. The molecule has 0 aromatic carbocycles. The van der Waals surface area contributed by atoms with Gasteiger partial charge in [0.05, 0.1) is 12.2 Å². The number of ketones is 1. The Bertz CT molecular complexity index is 801. The van der Waals surface area contributed by atoms with Crippen LogP contribution in [0, 0.1) is 46.3 Å². The zero-order chi connectivity index (χ0) is 23.6. The van der Waals surface area contributed by atoms with Crippen LogP contribution in [0.2, 0.25) is 0 Å². The monoisotopic (exact) mass is 444 g/mol. The molecule has 0 unspecified atom stereocenters. The minimum atomic E-state index is -1.61. The number of carbonyl (C=O) groups excluding carboxylic acids is 1. The summed E-state index contributed by atoms with van der Waals surface area (Å²) >= 11 is 0. The van der Waals surface area contributed by atoms with E-state index in [1.165, 1.54) is 12.0 Å². The molecule has 4 aliphatic carbocycles. The number of rotatable bonds is 4. The van der Waals surface area contributed by atoms with Gasteiger partial charge >= 0.3 is 0 Å². The SMILES string of the molecule is C=C(/C=C/[C@H](C)[C@H]1CC[C@H]2[C@@H]3CC(=O)[C@]4(O)C[C@@H](O)C[C@H](O)[C@]4(C)[C@H]3CC[C@]12C)C(C)C. The Hall–Kier alpha value is -0.970. The molecule has 4 nitrogen and oxygen atoms in total. The van der Waals surface area contributed by atoms with E-state index in [9.17, 15) is 20.1 Å². The summed E-state index contributed by atoms with van der Waals surface area (Å²) in [5.74, 6) is 2.10. The van der Waals surface area contributed by atoms with Crippen LogP contribution in [0.15, 0.2) is 24.3 Å². The van der Waals surface area contributed by atoms with E-state index in [2.05, 4.69) is 46.4 Å². The third-order valence-corrected chi connectivity index (χ3v) is 10.8. The normalized spacial score (nSPS) is 49.6. The van der Waals surface area contributed by atoms with E-state index < -0.39 is 23.2 Å². The third kappa shape index (κ3) is 3.31. The van der Waals surface area contributed by atoms with Crippen LogP contribution in [0.25, 0.3) is 0 Å². The summed E-state index contributed by atoms with van der Waals surface area (Å²) in [5.41, 5.74) is -1.13. The van der Waals surface area contributed by atoms with Gasteiger partial charge in [-0.15, -0.1) is 0 Å². The standard InChI is InChI=1S/C28H44O4/c1-16(2)17(3)7-8-18(4)21-9-10-22-20-14-25(31)28(32)15-19(29)13-24(30)27(28,6)23(20)11-12-26(21,22)5/h7-8,16,18-24,29-30,32H,3,9-15H2,1-2,4-6H3/b8-7+/t18-,19-,20-,21+,22-,23-,24-,26+,27-,28+/m0/s1. The molecule has 0 bridgehead atoms. The molecular formula is C28H44O4. The average molecular weight is 445 g/mol. The maximum absolute atomic E-state index is 13.4. The Balaban J connectivity index is 1.61. The van der Waals surface area contributed by atoms with Crippen LogP contribution >= 0.6 is 0 Å². The van der Waals surface area contributed by atoms with E-state index in [0.717, 1.165) is 19.3 Å². The number of fused-ring (bicyclic) bond motifs is 5. The van der Waals surface area contributed by atoms with Gasteiger partial charge in [0.25, 0.3) is 0 Å². The van der Waals surface area contributed by atoms with Gasteiger partial charge in [0.15, 0.2) is 5.78 Å². The fraction of sp³-hybridized carbons (Fsp3) is 0.821. The topological polar surface area (TPSA) is 77.8 Å². The molecule has 4 saturated carbocycles. The number of aliphatic hydroxyl groups is 3. The fourth-order valence-electron chi connectivity index (χ4n) is 8.60. The van der Waals surface area contributed by atoms with Crippen molar-refractivity contribution in [2.45, 2.75) is 97.4 Å². The van der Waals surface area contributed by atoms with Crippen molar-refractivity contribution in [3.63, 3.8) is 0 Å². The lowest BCUT2D eigenvalue weighted by Gasteiger charge is -2.64. The second kappa shape index (κ2) is 8.06. The van der Waals surface area contributed by atoms with Gasteiger partial charge in [0.2, 0.25) is 0 Å². The van der Waals surface area contributed by atoms with Crippen LogP contribution in [0.4, 0.5) is 0 Å². The molecule has 4 rings (SSSR count). The van der Waals surface area contributed by atoms with Gasteiger partial charge in [0, 0.05) is 24.7 Å². The summed E-state index contributed by atoms with van der Waals surface area (Å²) in [7, 11) is 0. The first-order chi connectivity index (χ1) is 14.9. The first kappa shape index (κ1) is 24.2. The Morgan fingerprint density at radius 2 is 1.81 bits per heavy atom. The molecule has 10 atom stereocenters. The Morgan fingerprint density at radius 1 is 1.12 bits per heavy atom. The molecule has 0 spiro atoms. The van der Waals surface area contributed by atoms with Crippen molar-refractivity contribution >= 4 is 5.78 Å². The van der Waals surface area contributed by atoms with Gasteiger partial charge in [-0.05, 0) is 66.6 Å². The summed E-state index contributed by atoms with van der Waals surface area (Å²) < 4.78 is 0. The largest absolute Gasteiger partial charge is 0.393 e. The minimum absolute atomic E-state index is 0.0642. The molecule has 0 aromatic rings. The fourth-order valence-corrected chi connectivity index (χ4v) is 8.60. The maximum Gasteiger partial charge on any atom is 0.165 e. The maximum atomic E-state index is 13.4. The summed E-state index contributed by atoms with van der Waals surface area (Å²) in [6, 6.07) is 0. The number of hydrogen-bond acceptors (Lipinski definition) is 4. The van der Waals surface area contributed by atoms with Crippen molar-refractivity contribution in [3.8, 4) is 0 Å². The quantitative estimate of drug-likeness (QED) is 0.551.